The maximum atomic E-state index is 12.0. The minimum absolute atomic E-state index is 0.131. The molecule has 2 N–H and O–H groups in total. The molecule has 1 atom stereocenters. The third kappa shape index (κ3) is 3.66. The molecule has 5 heteroatoms. The van der Waals surface area contributed by atoms with Gasteiger partial charge in [-0.3, -0.25) is 4.79 Å². The van der Waals surface area contributed by atoms with Gasteiger partial charge in [-0.15, -0.1) is 0 Å². The fourth-order valence-electron chi connectivity index (χ4n) is 2.13. The molecule has 1 aliphatic rings. The van der Waals surface area contributed by atoms with Crippen molar-refractivity contribution in [2.75, 3.05) is 11.9 Å². The predicted octanol–water partition coefficient (Wildman–Crippen LogP) is 2.22. The van der Waals surface area contributed by atoms with E-state index in [1.54, 1.807) is 6.20 Å². The summed E-state index contributed by atoms with van der Waals surface area (Å²) < 4.78 is 0. The van der Waals surface area contributed by atoms with Crippen molar-refractivity contribution in [2.45, 2.75) is 45.6 Å². The first-order valence-corrected chi connectivity index (χ1v) is 7.07. The van der Waals surface area contributed by atoms with Crippen molar-refractivity contribution in [1.29, 1.82) is 0 Å². The molecule has 5 nitrogen and oxygen atoms in total. The quantitative estimate of drug-likeness (QED) is 0.825. The molecule has 1 heterocycles. The third-order valence-electron chi connectivity index (χ3n) is 3.66. The molecule has 1 fully saturated rings. The summed E-state index contributed by atoms with van der Waals surface area (Å²) >= 11 is 0. The monoisotopic (exact) mass is 262 g/mol. The van der Waals surface area contributed by atoms with Gasteiger partial charge in [-0.2, -0.15) is 0 Å². The van der Waals surface area contributed by atoms with Crippen molar-refractivity contribution in [1.82, 2.24) is 15.3 Å². The number of hydrogen-bond donors (Lipinski definition) is 2. The number of hydrogen-bond acceptors (Lipinski definition) is 4. The van der Waals surface area contributed by atoms with Crippen LogP contribution in [0.4, 0.5) is 5.82 Å². The highest BCUT2D eigenvalue weighted by Gasteiger charge is 2.25. The molecule has 1 amide bonds. The second kappa shape index (κ2) is 6.50. The van der Waals surface area contributed by atoms with Crippen LogP contribution < -0.4 is 10.6 Å². The van der Waals surface area contributed by atoms with Gasteiger partial charge in [-0.25, -0.2) is 9.97 Å². The molecular weight excluding hydrogens is 240 g/mol. The fourth-order valence-corrected chi connectivity index (χ4v) is 2.13. The van der Waals surface area contributed by atoms with Crippen LogP contribution in [0.15, 0.2) is 12.4 Å². The first kappa shape index (κ1) is 13.8. The zero-order valence-corrected chi connectivity index (χ0v) is 11.6. The summed E-state index contributed by atoms with van der Waals surface area (Å²) in [5, 5.41) is 6.13. The average Bonchev–Trinajstić information content (AvgIpc) is 2.34. The Labute approximate surface area is 114 Å². The molecule has 1 unspecified atom stereocenters. The van der Waals surface area contributed by atoms with Crippen molar-refractivity contribution in [3.63, 3.8) is 0 Å². The summed E-state index contributed by atoms with van der Waals surface area (Å²) in [4.78, 5) is 20.3. The molecule has 0 radical (unpaired) electrons. The lowest BCUT2D eigenvalue weighted by atomic mass is 9.80. The summed E-state index contributed by atoms with van der Waals surface area (Å²) in [6.45, 7) is 5.01. The lowest BCUT2D eigenvalue weighted by Crippen LogP contribution is -2.41. The third-order valence-corrected chi connectivity index (χ3v) is 3.66. The van der Waals surface area contributed by atoms with Gasteiger partial charge >= 0.3 is 0 Å². The largest absolute Gasteiger partial charge is 0.369 e. The van der Waals surface area contributed by atoms with E-state index in [1.807, 2.05) is 0 Å². The van der Waals surface area contributed by atoms with E-state index in [4.69, 9.17) is 0 Å². The predicted molar refractivity (Wildman–Crippen MR) is 75.1 cm³/mol. The lowest BCUT2D eigenvalue weighted by molar-refractivity contribution is 0.0904. The minimum atomic E-state index is -0.131. The number of nitrogens with one attached hydrogen (secondary N) is 2. The van der Waals surface area contributed by atoms with E-state index in [1.165, 1.54) is 25.5 Å². The zero-order chi connectivity index (χ0) is 13.7. The minimum Gasteiger partial charge on any atom is -0.369 e. The van der Waals surface area contributed by atoms with Crippen LogP contribution in [0.25, 0.3) is 0 Å². The smallest absolute Gasteiger partial charge is 0.271 e. The van der Waals surface area contributed by atoms with Crippen molar-refractivity contribution in [3.8, 4) is 0 Å². The Kier molecular flexibility index (Phi) is 4.71. The molecule has 0 spiro atoms. The maximum absolute atomic E-state index is 12.0. The van der Waals surface area contributed by atoms with Crippen LogP contribution in [-0.4, -0.2) is 28.5 Å². The molecule has 1 saturated carbocycles. The van der Waals surface area contributed by atoms with Gasteiger partial charge in [0.05, 0.1) is 12.4 Å². The van der Waals surface area contributed by atoms with Gasteiger partial charge in [0.25, 0.3) is 5.91 Å². The summed E-state index contributed by atoms with van der Waals surface area (Å²) in [5.74, 6) is 1.21. The lowest BCUT2D eigenvalue weighted by Gasteiger charge is -2.31. The number of carbonyl (C=O) groups excluding carboxylic acids is 1. The summed E-state index contributed by atoms with van der Waals surface area (Å²) in [7, 11) is 0. The van der Waals surface area contributed by atoms with Crippen molar-refractivity contribution in [2.24, 2.45) is 5.92 Å². The van der Waals surface area contributed by atoms with E-state index >= 15 is 0 Å². The first-order valence-electron chi connectivity index (χ1n) is 7.07. The Morgan fingerprint density at radius 3 is 2.74 bits per heavy atom. The van der Waals surface area contributed by atoms with Gasteiger partial charge < -0.3 is 10.6 Å². The molecule has 2 rings (SSSR count). The Morgan fingerprint density at radius 1 is 1.42 bits per heavy atom. The highest BCUT2D eigenvalue weighted by atomic mass is 16.1. The fraction of sp³-hybridized carbons (Fsp3) is 0.643. The molecule has 0 bridgehead atoms. The van der Waals surface area contributed by atoms with Gasteiger partial charge in [0.15, 0.2) is 0 Å². The number of nitrogens with zero attached hydrogens (tertiary/aromatic N) is 2. The highest BCUT2D eigenvalue weighted by molar-refractivity contribution is 5.92. The number of aromatic nitrogens is 2. The molecule has 0 aliphatic heterocycles. The highest BCUT2D eigenvalue weighted by Crippen LogP contribution is 2.29. The normalized spacial score (nSPS) is 16.5. The summed E-state index contributed by atoms with van der Waals surface area (Å²) in [6.07, 6.45) is 7.88. The van der Waals surface area contributed by atoms with Crippen LogP contribution in [0.3, 0.4) is 0 Å². The van der Waals surface area contributed by atoms with Crippen molar-refractivity contribution >= 4 is 11.7 Å². The molecule has 0 aromatic carbocycles. The second-order valence-corrected chi connectivity index (χ2v) is 5.17. The van der Waals surface area contributed by atoms with Crippen LogP contribution in [0.2, 0.25) is 0 Å². The number of amides is 1. The summed E-state index contributed by atoms with van der Waals surface area (Å²) in [6, 6.07) is 0.223. The van der Waals surface area contributed by atoms with E-state index in [-0.39, 0.29) is 11.9 Å². The van der Waals surface area contributed by atoms with Gasteiger partial charge in [0.2, 0.25) is 0 Å². The topological polar surface area (TPSA) is 66.9 Å². The van der Waals surface area contributed by atoms with Crippen molar-refractivity contribution < 1.29 is 4.79 Å². The Hall–Kier alpha value is -1.65. The van der Waals surface area contributed by atoms with E-state index in [9.17, 15) is 4.79 Å². The van der Waals surface area contributed by atoms with Gasteiger partial charge in [-0.1, -0.05) is 13.3 Å². The van der Waals surface area contributed by atoms with E-state index < -0.39 is 0 Å². The van der Waals surface area contributed by atoms with E-state index in [0.717, 1.165) is 13.0 Å². The Bertz CT molecular complexity index is 414. The van der Waals surface area contributed by atoms with E-state index in [0.29, 0.717) is 17.4 Å². The van der Waals surface area contributed by atoms with Crippen LogP contribution in [0, 0.1) is 5.92 Å². The standard InChI is InChI=1S/C14H22N4O/c1-3-7-15-13-9-16-12(8-17-13)14(19)18-10(2)11-5-4-6-11/h8-11H,3-7H2,1-2H3,(H,15,17)(H,18,19). The molecule has 1 aromatic heterocycles. The Morgan fingerprint density at radius 2 is 2.21 bits per heavy atom. The SMILES string of the molecule is CCCNc1cnc(C(=O)NC(C)C2CCC2)cn1. The molecular formula is C14H22N4O. The number of anilines is 1. The number of rotatable bonds is 6. The van der Waals surface area contributed by atoms with Gasteiger partial charge in [0, 0.05) is 12.6 Å². The van der Waals surface area contributed by atoms with E-state index in [2.05, 4.69) is 34.4 Å². The van der Waals surface area contributed by atoms with Gasteiger partial charge in [-0.05, 0) is 32.1 Å². The zero-order valence-electron chi connectivity index (χ0n) is 11.6. The summed E-state index contributed by atoms with van der Waals surface area (Å²) in [5.41, 5.74) is 0.383. The van der Waals surface area contributed by atoms with Crippen LogP contribution in [0.1, 0.15) is 50.0 Å². The maximum Gasteiger partial charge on any atom is 0.271 e. The molecule has 104 valence electrons. The molecule has 1 aliphatic carbocycles. The molecule has 1 aromatic rings. The molecule has 0 saturated heterocycles. The van der Waals surface area contributed by atoms with Crippen LogP contribution >= 0.6 is 0 Å². The van der Waals surface area contributed by atoms with Crippen molar-refractivity contribution in [3.05, 3.63) is 18.1 Å². The first-order chi connectivity index (χ1) is 9.20. The van der Waals surface area contributed by atoms with Crippen LogP contribution in [0.5, 0.6) is 0 Å². The average molecular weight is 262 g/mol. The molecule has 19 heavy (non-hydrogen) atoms. The number of carbonyl (C=O) groups is 1. The van der Waals surface area contributed by atoms with Gasteiger partial charge in [0.1, 0.15) is 11.5 Å². The van der Waals surface area contributed by atoms with Crippen LogP contribution in [-0.2, 0) is 0 Å². The Balaban J connectivity index is 1.87. The second-order valence-electron chi connectivity index (χ2n) is 5.17.